The topological polar surface area (TPSA) is 139 Å². The third-order valence-electron chi connectivity index (χ3n) is 3.51. The van der Waals surface area contributed by atoms with Crippen molar-refractivity contribution in [1.29, 1.82) is 0 Å². The van der Waals surface area contributed by atoms with E-state index in [-0.39, 0.29) is 16.5 Å². The average Bonchev–Trinajstić information content (AvgIpc) is 3.14. The van der Waals surface area contributed by atoms with Crippen molar-refractivity contribution in [1.82, 2.24) is 25.3 Å². The van der Waals surface area contributed by atoms with E-state index in [1.807, 2.05) is 0 Å². The zero-order valence-electron chi connectivity index (χ0n) is 16.0. The number of amides is 1. The second kappa shape index (κ2) is 7.97. The summed E-state index contributed by atoms with van der Waals surface area (Å²) in [6.07, 6.45) is 3.20. The van der Waals surface area contributed by atoms with Crippen LogP contribution in [0.2, 0.25) is 0 Å². The van der Waals surface area contributed by atoms with Crippen molar-refractivity contribution < 1.29 is 17.7 Å². The predicted octanol–water partition coefficient (Wildman–Crippen LogP) is 1.97. The van der Waals surface area contributed by atoms with Crippen molar-refractivity contribution in [2.75, 3.05) is 5.43 Å². The molecular formula is C18H20N6O4S. The highest BCUT2D eigenvalue weighted by atomic mass is 32.2. The second-order valence-corrected chi connectivity index (χ2v) is 8.80. The molecule has 0 bridgehead atoms. The van der Waals surface area contributed by atoms with Gasteiger partial charge in [0.25, 0.3) is 5.91 Å². The lowest BCUT2D eigenvalue weighted by Crippen LogP contribution is -2.40. The van der Waals surface area contributed by atoms with Crippen LogP contribution in [0.4, 0.5) is 6.01 Å². The highest BCUT2D eigenvalue weighted by molar-refractivity contribution is 7.89. The summed E-state index contributed by atoms with van der Waals surface area (Å²) in [4.78, 5) is 20.3. The number of hydrogen-bond acceptors (Lipinski definition) is 8. The molecule has 0 aliphatic rings. The fraction of sp³-hybridized carbons (Fsp3) is 0.222. The van der Waals surface area contributed by atoms with Crippen LogP contribution in [0.25, 0.3) is 11.4 Å². The molecule has 1 aromatic carbocycles. The van der Waals surface area contributed by atoms with Gasteiger partial charge < -0.3 is 4.52 Å². The van der Waals surface area contributed by atoms with Gasteiger partial charge in [-0.05, 0) is 57.2 Å². The minimum Gasteiger partial charge on any atom is -0.313 e. The van der Waals surface area contributed by atoms with E-state index in [4.69, 9.17) is 4.52 Å². The lowest BCUT2D eigenvalue weighted by Gasteiger charge is -2.20. The Bertz CT molecular complexity index is 1090. The number of aromatic nitrogens is 3. The SMILES string of the molecule is CC(C)(C)NS(=O)(=O)c1ccc(C(=O)NNc2nc(-c3ccncc3)no2)cc1. The molecule has 3 N–H and O–H groups in total. The summed E-state index contributed by atoms with van der Waals surface area (Å²) in [5.74, 6) is -0.161. The van der Waals surface area contributed by atoms with Gasteiger partial charge in [0.1, 0.15) is 0 Å². The summed E-state index contributed by atoms with van der Waals surface area (Å²) >= 11 is 0. The molecule has 0 saturated carbocycles. The molecular weight excluding hydrogens is 396 g/mol. The third-order valence-corrected chi connectivity index (χ3v) is 5.29. The second-order valence-electron chi connectivity index (χ2n) is 7.12. The molecule has 3 aromatic rings. The Hall–Kier alpha value is -3.31. The number of carbonyl (C=O) groups is 1. The predicted molar refractivity (Wildman–Crippen MR) is 105 cm³/mol. The Morgan fingerprint density at radius 2 is 1.69 bits per heavy atom. The number of hydrazine groups is 1. The van der Waals surface area contributed by atoms with Crippen molar-refractivity contribution in [3.8, 4) is 11.4 Å². The van der Waals surface area contributed by atoms with E-state index in [0.717, 1.165) is 0 Å². The molecule has 0 saturated heterocycles. The van der Waals surface area contributed by atoms with E-state index in [1.165, 1.54) is 24.3 Å². The van der Waals surface area contributed by atoms with E-state index in [9.17, 15) is 13.2 Å². The normalized spacial score (nSPS) is 11.8. The first-order valence-corrected chi connectivity index (χ1v) is 10.1. The van der Waals surface area contributed by atoms with Gasteiger partial charge in [0, 0.05) is 29.1 Å². The van der Waals surface area contributed by atoms with Crippen LogP contribution in [0.15, 0.2) is 58.2 Å². The number of pyridine rings is 1. The van der Waals surface area contributed by atoms with E-state index < -0.39 is 21.5 Å². The number of sulfonamides is 1. The number of anilines is 1. The summed E-state index contributed by atoms with van der Waals surface area (Å²) < 4.78 is 32.2. The first-order chi connectivity index (χ1) is 13.6. The Kier molecular flexibility index (Phi) is 5.62. The van der Waals surface area contributed by atoms with Crippen molar-refractivity contribution in [2.24, 2.45) is 0 Å². The highest BCUT2D eigenvalue weighted by Crippen LogP contribution is 2.16. The van der Waals surface area contributed by atoms with Crippen LogP contribution in [0.3, 0.4) is 0 Å². The van der Waals surface area contributed by atoms with Crippen LogP contribution < -0.4 is 15.6 Å². The molecule has 0 radical (unpaired) electrons. The zero-order valence-corrected chi connectivity index (χ0v) is 16.8. The van der Waals surface area contributed by atoms with Crippen LogP contribution in [0.1, 0.15) is 31.1 Å². The van der Waals surface area contributed by atoms with E-state index >= 15 is 0 Å². The summed E-state index contributed by atoms with van der Waals surface area (Å²) in [6, 6.07) is 8.97. The number of nitrogens with zero attached hydrogens (tertiary/aromatic N) is 3. The van der Waals surface area contributed by atoms with Gasteiger partial charge in [-0.2, -0.15) is 4.98 Å². The molecule has 11 heteroatoms. The Labute approximate surface area is 167 Å². The fourth-order valence-corrected chi connectivity index (χ4v) is 3.74. The van der Waals surface area contributed by atoms with Gasteiger partial charge in [-0.1, -0.05) is 5.16 Å². The zero-order chi connectivity index (χ0) is 21.1. The summed E-state index contributed by atoms with van der Waals surface area (Å²) in [5.41, 5.74) is 5.29. The summed E-state index contributed by atoms with van der Waals surface area (Å²) in [7, 11) is -3.67. The molecule has 0 aliphatic heterocycles. The van der Waals surface area contributed by atoms with Crippen LogP contribution >= 0.6 is 0 Å². The van der Waals surface area contributed by atoms with Crippen molar-refractivity contribution in [3.05, 3.63) is 54.4 Å². The molecule has 10 nitrogen and oxygen atoms in total. The summed E-state index contributed by atoms with van der Waals surface area (Å²) in [5, 5.41) is 3.80. The maximum absolute atomic E-state index is 12.3. The van der Waals surface area contributed by atoms with Crippen molar-refractivity contribution in [2.45, 2.75) is 31.2 Å². The maximum Gasteiger partial charge on any atom is 0.340 e. The standard InChI is InChI=1S/C18H20N6O4S/c1-18(2,3)24-29(26,27)14-6-4-13(5-7-14)16(25)21-22-17-20-15(23-28-17)12-8-10-19-11-9-12/h4-11,24H,1-3H3,(H,21,25)(H,20,22,23). The summed E-state index contributed by atoms with van der Waals surface area (Å²) in [6.45, 7) is 5.24. The van der Waals surface area contributed by atoms with Crippen LogP contribution in [0.5, 0.6) is 0 Å². The van der Waals surface area contributed by atoms with E-state index in [1.54, 1.807) is 45.3 Å². The van der Waals surface area contributed by atoms with E-state index in [2.05, 4.69) is 30.7 Å². The number of rotatable bonds is 6. The van der Waals surface area contributed by atoms with Gasteiger partial charge in [0.05, 0.1) is 4.90 Å². The Morgan fingerprint density at radius 3 is 2.31 bits per heavy atom. The van der Waals surface area contributed by atoms with Crippen LogP contribution in [-0.2, 0) is 10.0 Å². The third kappa shape index (κ3) is 5.36. The molecule has 0 aliphatic carbocycles. The number of nitrogens with one attached hydrogen (secondary N) is 3. The fourth-order valence-electron chi connectivity index (χ4n) is 2.32. The smallest absolute Gasteiger partial charge is 0.313 e. The number of carbonyl (C=O) groups excluding carboxylic acids is 1. The van der Waals surface area contributed by atoms with Crippen molar-refractivity contribution >= 4 is 21.9 Å². The molecule has 0 spiro atoms. The first-order valence-electron chi connectivity index (χ1n) is 8.59. The number of hydrogen-bond donors (Lipinski definition) is 3. The minimum atomic E-state index is -3.67. The maximum atomic E-state index is 12.3. The van der Waals surface area contributed by atoms with Crippen LogP contribution in [0, 0.1) is 0 Å². The highest BCUT2D eigenvalue weighted by Gasteiger charge is 2.22. The molecule has 0 unspecified atom stereocenters. The van der Waals surface area contributed by atoms with E-state index in [0.29, 0.717) is 11.4 Å². The van der Waals surface area contributed by atoms with Crippen molar-refractivity contribution in [3.63, 3.8) is 0 Å². The Morgan fingerprint density at radius 1 is 1.03 bits per heavy atom. The molecule has 2 heterocycles. The molecule has 3 rings (SSSR count). The van der Waals surface area contributed by atoms with Gasteiger partial charge in [-0.15, -0.1) is 0 Å². The van der Waals surface area contributed by atoms with Gasteiger partial charge in [-0.3, -0.25) is 15.2 Å². The van der Waals surface area contributed by atoms with Gasteiger partial charge in [-0.25, -0.2) is 18.6 Å². The van der Waals surface area contributed by atoms with Gasteiger partial charge in [0.2, 0.25) is 15.8 Å². The Balaban J connectivity index is 1.62. The molecule has 1 amide bonds. The largest absolute Gasteiger partial charge is 0.340 e. The lowest BCUT2D eigenvalue weighted by atomic mass is 10.1. The molecule has 2 aromatic heterocycles. The van der Waals surface area contributed by atoms with Crippen LogP contribution in [-0.4, -0.2) is 35.0 Å². The molecule has 0 atom stereocenters. The lowest BCUT2D eigenvalue weighted by molar-refractivity contribution is 0.0961. The molecule has 29 heavy (non-hydrogen) atoms. The first kappa shape index (κ1) is 20.4. The van der Waals surface area contributed by atoms with Gasteiger partial charge in [0.15, 0.2) is 0 Å². The molecule has 152 valence electrons. The molecule has 0 fully saturated rings. The average molecular weight is 416 g/mol. The quantitative estimate of drug-likeness (QED) is 0.518. The van der Waals surface area contributed by atoms with Gasteiger partial charge >= 0.3 is 6.01 Å². The minimum absolute atomic E-state index is 0.00117. The number of benzene rings is 1. The monoisotopic (exact) mass is 416 g/mol.